The van der Waals surface area contributed by atoms with Crippen molar-refractivity contribution >= 4 is 0 Å². The summed E-state index contributed by atoms with van der Waals surface area (Å²) in [6.07, 6.45) is 4.89. The van der Waals surface area contributed by atoms with Gasteiger partial charge in [-0.05, 0) is 43.1 Å². The zero-order valence-corrected chi connectivity index (χ0v) is 13.5. The molecule has 2 aliphatic heterocycles. The second-order valence-electron chi connectivity index (χ2n) is 6.47. The number of nitrogens with zero attached hydrogens (tertiary/aromatic N) is 1. The number of fused-ring (bicyclic) bond motifs is 5. The third-order valence-corrected chi connectivity index (χ3v) is 5.42. The first-order valence-corrected chi connectivity index (χ1v) is 7.98. The van der Waals surface area contributed by atoms with Crippen molar-refractivity contribution in [2.45, 2.75) is 37.5 Å². The molecule has 0 bridgehead atoms. The molecule has 0 spiro atoms. The van der Waals surface area contributed by atoms with Gasteiger partial charge in [-0.25, -0.2) is 0 Å². The van der Waals surface area contributed by atoms with Crippen molar-refractivity contribution in [1.82, 2.24) is 4.90 Å². The van der Waals surface area contributed by atoms with Gasteiger partial charge in [0.2, 0.25) is 0 Å². The van der Waals surface area contributed by atoms with Crippen LogP contribution in [0.2, 0.25) is 0 Å². The highest BCUT2D eigenvalue weighted by molar-refractivity contribution is 5.51. The van der Waals surface area contributed by atoms with E-state index in [9.17, 15) is 0 Å². The first-order chi connectivity index (χ1) is 10.7. The predicted molar refractivity (Wildman–Crippen MR) is 84.6 cm³/mol. The van der Waals surface area contributed by atoms with Crippen molar-refractivity contribution in [2.75, 3.05) is 27.8 Å². The molecule has 1 saturated heterocycles. The Balaban J connectivity index is 1.82. The van der Waals surface area contributed by atoms with E-state index in [0.29, 0.717) is 18.6 Å². The van der Waals surface area contributed by atoms with Crippen LogP contribution in [0.25, 0.3) is 0 Å². The van der Waals surface area contributed by atoms with Gasteiger partial charge in [0, 0.05) is 18.5 Å². The Hall–Kier alpha value is -1.52. The van der Waals surface area contributed by atoms with E-state index in [1.165, 1.54) is 17.5 Å². The maximum atomic E-state index is 6.17. The van der Waals surface area contributed by atoms with Gasteiger partial charge in [-0.1, -0.05) is 11.6 Å². The van der Waals surface area contributed by atoms with Crippen LogP contribution in [0.1, 0.15) is 29.9 Å². The Morgan fingerprint density at radius 2 is 1.95 bits per heavy atom. The van der Waals surface area contributed by atoms with Gasteiger partial charge in [0.25, 0.3) is 0 Å². The number of rotatable bonds is 2. The second kappa shape index (κ2) is 5.28. The van der Waals surface area contributed by atoms with Crippen LogP contribution in [0.4, 0.5) is 0 Å². The molecule has 3 aliphatic rings. The monoisotopic (exact) mass is 301 g/mol. The summed E-state index contributed by atoms with van der Waals surface area (Å²) in [6, 6.07) is 4.72. The fourth-order valence-electron chi connectivity index (χ4n) is 4.33. The molecule has 0 radical (unpaired) electrons. The van der Waals surface area contributed by atoms with Crippen molar-refractivity contribution in [2.24, 2.45) is 0 Å². The molecule has 4 heteroatoms. The molecular formula is C18H23NO3. The maximum Gasteiger partial charge on any atom is 0.161 e. The molecule has 4 nitrogen and oxygen atoms in total. The fourth-order valence-corrected chi connectivity index (χ4v) is 4.33. The van der Waals surface area contributed by atoms with E-state index in [1.54, 1.807) is 19.8 Å². The van der Waals surface area contributed by atoms with Gasteiger partial charge in [-0.2, -0.15) is 0 Å². The highest BCUT2D eigenvalue weighted by atomic mass is 16.5. The molecule has 3 atom stereocenters. The summed E-state index contributed by atoms with van der Waals surface area (Å²) in [5, 5.41) is 0. The SMILES string of the molecule is COc1cc2c(cc1OC)[C@H]1[C@H]3C(=CC[C@H]1OC2)CCN3C. The van der Waals surface area contributed by atoms with Gasteiger partial charge in [0.05, 0.1) is 26.9 Å². The van der Waals surface area contributed by atoms with Crippen molar-refractivity contribution in [1.29, 1.82) is 0 Å². The molecule has 2 heterocycles. The van der Waals surface area contributed by atoms with Crippen LogP contribution in [0.3, 0.4) is 0 Å². The molecule has 1 aliphatic carbocycles. The first kappa shape index (κ1) is 14.1. The molecule has 118 valence electrons. The van der Waals surface area contributed by atoms with Gasteiger partial charge in [0.15, 0.2) is 11.5 Å². The Morgan fingerprint density at radius 3 is 2.73 bits per heavy atom. The standard InChI is InChI=1S/C18H23NO3/c1-19-7-6-11-4-5-14-17(18(11)19)13-9-16(21-3)15(20-2)8-12(13)10-22-14/h4,8-9,14,17-18H,5-7,10H2,1-3H3/t14-,17-,18-/m1/s1. The zero-order valence-electron chi connectivity index (χ0n) is 13.5. The maximum absolute atomic E-state index is 6.17. The Kier molecular flexibility index (Phi) is 3.39. The number of ether oxygens (including phenoxy) is 3. The third-order valence-electron chi connectivity index (χ3n) is 5.42. The largest absolute Gasteiger partial charge is 0.493 e. The van der Waals surface area contributed by atoms with Crippen molar-refractivity contribution in [3.8, 4) is 11.5 Å². The number of hydrogen-bond donors (Lipinski definition) is 0. The van der Waals surface area contributed by atoms with E-state index < -0.39 is 0 Å². The van der Waals surface area contributed by atoms with Gasteiger partial charge in [0.1, 0.15) is 0 Å². The smallest absolute Gasteiger partial charge is 0.161 e. The molecule has 1 aromatic rings. The van der Waals surface area contributed by atoms with Crippen LogP contribution in [-0.4, -0.2) is 44.9 Å². The highest BCUT2D eigenvalue weighted by Crippen LogP contribution is 2.47. The molecular weight excluding hydrogens is 278 g/mol. The highest BCUT2D eigenvalue weighted by Gasteiger charge is 2.44. The average molecular weight is 301 g/mol. The van der Waals surface area contributed by atoms with Crippen LogP contribution in [-0.2, 0) is 11.3 Å². The molecule has 1 fully saturated rings. The molecule has 0 N–H and O–H groups in total. The summed E-state index contributed by atoms with van der Waals surface area (Å²) in [4.78, 5) is 2.47. The third kappa shape index (κ3) is 1.97. The number of likely N-dealkylation sites (N-methyl/N-ethyl adjacent to an activating group) is 1. The van der Waals surface area contributed by atoms with E-state index in [-0.39, 0.29) is 6.10 Å². The average Bonchev–Trinajstić information content (AvgIpc) is 2.94. The summed E-state index contributed by atoms with van der Waals surface area (Å²) in [6.45, 7) is 1.80. The quantitative estimate of drug-likeness (QED) is 0.786. The lowest BCUT2D eigenvalue weighted by Gasteiger charge is -2.42. The topological polar surface area (TPSA) is 30.9 Å². The molecule has 0 saturated carbocycles. The Morgan fingerprint density at radius 1 is 1.18 bits per heavy atom. The minimum Gasteiger partial charge on any atom is -0.493 e. The number of likely N-dealkylation sites (tertiary alicyclic amines) is 1. The second-order valence-corrected chi connectivity index (χ2v) is 6.47. The Bertz CT molecular complexity index is 625. The molecule has 0 unspecified atom stereocenters. The summed E-state index contributed by atoms with van der Waals surface area (Å²) < 4.78 is 17.1. The lowest BCUT2D eigenvalue weighted by molar-refractivity contribution is -0.00867. The zero-order chi connectivity index (χ0) is 15.3. The Labute approximate surface area is 131 Å². The lowest BCUT2D eigenvalue weighted by Crippen LogP contribution is -2.43. The van der Waals surface area contributed by atoms with E-state index >= 15 is 0 Å². The fraction of sp³-hybridized carbons (Fsp3) is 0.556. The van der Waals surface area contributed by atoms with E-state index in [0.717, 1.165) is 24.5 Å². The summed E-state index contributed by atoms with van der Waals surface area (Å²) in [5.41, 5.74) is 4.19. The van der Waals surface area contributed by atoms with Crippen molar-refractivity contribution in [3.63, 3.8) is 0 Å². The number of benzene rings is 1. The minimum absolute atomic E-state index is 0.278. The van der Waals surface area contributed by atoms with Crippen LogP contribution in [0.15, 0.2) is 23.8 Å². The van der Waals surface area contributed by atoms with Crippen molar-refractivity contribution < 1.29 is 14.2 Å². The molecule has 22 heavy (non-hydrogen) atoms. The van der Waals surface area contributed by atoms with Gasteiger partial charge < -0.3 is 14.2 Å². The van der Waals surface area contributed by atoms with Crippen LogP contribution < -0.4 is 9.47 Å². The molecule has 4 rings (SSSR count). The van der Waals surface area contributed by atoms with Gasteiger partial charge in [-0.3, -0.25) is 4.90 Å². The van der Waals surface area contributed by atoms with E-state index in [4.69, 9.17) is 14.2 Å². The lowest BCUT2D eigenvalue weighted by atomic mass is 9.75. The van der Waals surface area contributed by atoms with Gasteiger partial charge in [-0.15, -0.1) is 0 Å². The normalized spacial score (nSPS) is 30.1. The number of hydrogen-bond acceptors (Lipinski definition) is 4. The summed E-state index contributed by atoms with van der Waals surface area (Å²) in [7, 11) is 5.61. The van der Waals surface area contributed by atoms with Crippen LogP contribution >= 0.6 is 0 Å². The summed E-state index contributed by atoms with van der Waals surface area (Å²) >= 11 is 0. The first-order valence-electron chi connectivity index (χ1n) is 7.98. The van der Waals surface area contributed by atoms with Crippen LogP contribution in [0.5, 0.6) is 11.5 Å². The van der Waals surface area contributed by atoms with Gasteiger partial charge >= 0.3 is 0 Å². The molecule has 1 aromatic carbocycles. The molecule has 0 aromatic heterocycles. The van der Waals surface area contributed by atoms with Crippen LogP contribution in [0, 0.1) is 0 Å². The van der Waals surface area contributed by atoms with Crippen molar-refractivity contribution in [3.05, 3.63) is 34.9 Å². The minimum atomic E-state index is 0.278. The van der Waals surface area contributed by atoms with E-state index in [2.05, 4.69) is 30.2 Å². The molecule has 0 amide bonds. The predicted octanol–water partition coefficient (Wildman–Crippen LogP) is 2.72. The summed E-state index contributed by atoms with van der Waals surface area (Å²) in [5.74, 6) is 2.00. The number of methoxy groups -OCH3 is 2. The van der Waals surface area contributed by atoms with E-state index in [1.807, 2.05) is 0 Å².